The third-order valence-corrected chi connectivity index (χ3v) is 5.26. The number of likely N-dealkylation sites (tertiary alicyclic amines) is 1. The predicted molar refractivity (Wildman–Crippen MR) is 67.6 cm³/mol. The van der Waals surface area contributed by atoms with Gasteiger partial charge in [0.2, 0.25) is 5.91 Å². The van der Waals surface area contributed by atoms with E-state index < -0.39 is 0 Å². The molecule has 1 amide bonds. The Kier molecular flexibility index (Phi) is 2.35. The van der Waals surface area contributed by atoms with Gasteiger partial charge in [-0.05, 0) is 38.5 Å². The van der Waals surface area contributed by atoms with Gasteiger partial charge < -0.3 is 4.90 Å². The highest BCUT2D eigenvalue weighted by atomic mass is 16.2. The normalized spacial score (nSPS) is 43.7. The van der Waals surface area contributed by atoms with Crippen molar-refractivity contribution in [2.24, 2.45) is 17.3 Å². The van der Waals surface area contributed by atoms with E-state index in [-0.39, 0.29) is 5.41 Å². The molecule has 0 aromatic heterocycles. The molecule has 0 radical (unpaired) electrons. The van der Waals surface area contributed by atoms with Crippen LogP contribution >= 0.6 is 0 Å². The van der Waals surface area contributed by atoms with Gasteiger partial charge in [0.25, 0.3) is 0 Å². The lowest BCUT2D eigenvalue weighted by Gasteiger charge is -2.29. The molecular weight excluding hydrogens is 212 g/mol. The van der Waals surface area contributed by atoms with E-state index in [9.17, 15) is 4.79 Å². The first-order chi connectivity index (χ1) is 7.95. The van der Waals surface area contributed by atoms with Crippen LogP contribution in [0.1, 0.15) is 33.6 Å². The topological polar surface area (TPSA) is 23.6 Å². The first-order valence-corrected chi connectivity index (χ1v) is 6.97. The van der Waals surface area contributed by atoms with Crippen molar-refractivity contribution >= 4 is 5.91 Å². The highest BCUT2D eigenvalue weighted by Crippen LogP contribution is 2.76. The summed E-state index contributed by atoms with van der Waals surface area (Å²) in [5, 5.41) is 0. The third kappa shape index (κ3) is 1.62. The molecule has 0 spiro atoms. The third-order valence-electron chi connectivity index (χ3n) is 5.26. The first-order valence-electron chi connectivity index (χ1n) is 6.97. The number of hydrogen-bond donors (Lipinski definition) is 0. The first kappa shape index (κ1) is 11.5. The summed E-state index contributed by atoms with van der Waals surface area (Å²) in [7, 11) is 2.02. The number of rotatable bonds is 3. The molecule has 0 N–H and O–H groups in total. The molecule has 17 heavy (non-hydrogen) atoms. The Hall–Kier alpha value is -0.570. The number of carbonyl (C=O) groups excluding carboxylic acids is 1. The molecular formula is C14H24N2O. The number of likely N-dealkylation sites (N-methyl/N-ethyl adjacent to an activating group) is 1. The molecule has 3 aliphatic rings. The van der Waals surface area contributed by atoms with Crippen LogP contribution in [0.25, 0.3) is 0 Å². The summed E-state index contributed by atoms with van der Waals surface area (Å²) in [6, 6.07) is 1.03. The van der Waals surface area contributed by atoms with Crippen molar-refractivity contribution in [3.63, 3.8) is 0 Å². The number of amides is 1. The Labute approximate surface area is 104 Å². The van der Waals surface area contributed by atoms with Crippen molar-refractivity contribution < 1.29 is 4.79 Å². The lowest BCUT2D eigenvalue weighted by Crippen LogP contribution is -2.44. The van der Waals surface area contributed by atoms with Crippen molar-refractivity contribution in [1.82, 2.24) is 9.80 Å². The number of fused-ring (bicyclic) bond motifs is 1. The molecule has 2 unspecified atom stereocenters. The Bertz CT molecular complexity index is 346. The van der Waals surface area contributed by atoms with E-state index in [1.165, 1.54) is 12.8 Å². The molecule has 2 aliphatic carbocycles. The zero-order valence-electron chi connectivity index (χ0n) is 11.4. The monoisotopic (exact) mass is 236 g/mol. The molecule has 1 heterocycles. The van der Waals surface area contributed by atoms with Crippen LogP contribution in [0, 0.1) is 17.3 Å². The van der Waals surface area contributed by atoms with E-state index in [0.717, 1.165) is 19.0 Å². The summed E-state index contributed by atoms with van der Waals surface area (Å²) < 4.78 is 0. The van der Waals surface area contributed by atoms with Crippen molar-refractivity contribution in [3.05, 3.63) is 0 Å². The van der Waals surface area contributed by atoms with Crippen LogP contribution in [0.3, 0.4) is 0 Å². The maximum Gasteiger partial charge on any atom is 0.229 e. The Morgan fingerprint density at radius 1 is 1.35 bits per heavy atom. The van der Waals surface area contributed by atoms with Gasteiger partial charge in [-0.15, -0.1) is 0 Å². The number of hydrogen-bond acceptors (Lipinski definition) is 2. The maximum absolute atomic E-state index is 12.4. The molecule has 3 fully saturated rings. The Morgan fingerprint density at radius 2 is 1.94 bits per heavy atom. The molecule has 0 aromatic carbocycles. The highest BCUT2D eigenvalue weighted by molar-refractivity contribution is 5.90. The average molecular weight is 236 g/mol. The average Bonchev–Trinajstić information content (AvgIpc) is 3.07. The Morgan fingerprint density at radius 3 is 2.35 bits per heavy atom. The summed E-state index contributed by atoms with van der Waals surface area (Å²) >= 11 is 0. The zero-order valence-corrected chi connectivity index (χ0v) is 11.4. The molecule has 1 saturated heterocycles. The standard InChI is InChI=1S/C14H24N2O/c1-9(2)16-7-10(3)12(8-16)15(4)13(17)14-5-11(14)6-14/h9-12H,5-8H2,1-4H3. The second kappa shape index (κ2) is 3.47. The second-order valence-corrected chi connectivity index (χ2v) is 6.77. The minimum Gasteiger partial charge on any atom is -0.341 e. The molecule has 0 bridgehead atoms. The lowest BCUT2D eigenvalue weighted by atomic mass is 10.0. The van der Waals surface area contributed by atoms with Crippen molar-refractivity contribution in [3.8, 4) is 0 Å². The van der Waals surface area contributed by atoms with Crippen LogP contribution in [-0.2, 0) is 4.79 Å². The minimum atomic E-state index is 0.139. The van der Waals surface area contributed by atoms with Gasteiger partial charge in [-0.1, -0.05) is 6.92 Å². The van der Waals surface area contributed by atoms with Crippen LogP contribution < -0.4 is 0 Å². The molecule has 3 nitrogen and oxygen atoms in total. The number of carbonyl (C=O) groups is 1. The Balaban J connectivity index is 1.65. The van der Waals surface area contributed by atoms with Gasteiger partial charge in [0.15, 0.2) is 0 Å². The summed E-state index contributed by atoms with van der Waals surface area (Å²) in [6.45, 7) is 8.96. The van der Waals surface area contributed by atoms with E-state index in [1.54, 1.807) is 0 Å². The smallest absolute Gasteiger partial charge is 0.229 e. The van der Waals surface area contributed by atoms with E-state index in [4.69, 9.17) is 0 Å². The molecule has 3 rings (SSSR count). The fourth-order valence-electron chi connectivity index (χ4n) is 3.46. The maximum atomic E-state index is 12.4. The van der Waals surface area contributed by atoms with Crippen molar-refractivity contribution in [2.45, 2.75) is 45.7 Å². The van der Waals surface area contributed by atoms with E-state index in [1.807, 2.05) is 7.05 Å². The minimum absolute atomic E-state index is 0.139. The quantitative estimate of drug-likeness (QED) is 0.743. The lowest BCUT2D eigenvalue weighted by molar-refractivity contribution is -0.136. The molecule has 3 heteroatoms. The van der Waals surface area contributed by atoms with Crippen LogP contribution in [0.2, 0.25) is 0 Å². The van der Waals surface area contributed by atoms with Crippen LogP contribution in [0.5, 0.6) is 0 Å². The largest absolute Gasteiger partial charge is 0.341 e. The fourth-order valence-corrected chi connectivity index (χ4v) is 3.46. The SMILES string of the molecule is CC1CN(C(C)C)CC1N(C)C(=O)C12CC1C2. The van der Waals surface area contributed by atoms with Gasteiger partial charge in [0.1, 0.15) is 0 Å². The van der Waals surface area contributed by atoms with Gasteiger partial charge in [0, 0.05) is 32.2 Å². The molecule has 1 aliphatic heterocycles. The fraction of sp³-hybridized carbons (Fsp3) is 0.929. The molecule has 2 saturated carbocycles. The zero-order chi connectivity index (χ0) is 12.4. The van der Waals surface area contributed by atoms with Gasteiger partial charge >= 0.3 is 0 Å². The summed E-state index contributed by atoms with van der Waals surface area (Å²) in [6.07, 6.45) is 2.34. The molecule has 0 aromatic rings. The van der Waals surface area contributed by atoms with Crippen molar-refractivity contribution in [2.75, 3.05) is 20.1 Å². The van der Waals surface area contributed by atoms with Gasteiger partial charge in [-0.25, -0.2) is 0 Å². The summed E-state index contributed by atoms with van der Waals surface area (Å²) in [5.74, 6) is 1.80. The molecule has 2 atom stereocenters. The van der Waals surface area contributed by atoms with Crippen LogP contribution in [-0.4, -0.2) is 47.9 Å². The van der Waals surface area contributed by atoms with Gasteiger partial charge in [-0.3, -0.25) is 9.69 Å². The number of nitrogens with zero attached hydrogens (tertiary/aromatic N) is 2. The van der Waals surface area contributed by atoms with Gasteiger partial charge in [-0.2, -0.15) is 0 Å². The van der Waals surface area contributed by atoms with E-state index in [2.05, 4.69) is 30.6 Å². The van der Waals surface area contributed by atoms with Crippen LogP contribution in [0.15, 0.2) is 0 Å². The van der Waals surface area contributed by atoms with E-state index in [0.29, 0.717) is 23.9 Å². The van der Waals surface area contributed by atoms with Crippen LogP contribution in [0.4, 0.5) is 0 Å². The van der Waals surface area contributed by atoms with E-state index >= 15 is 0 Å². The second-order valence-electron chi connectivity index (χ2n) is 6.77. The van der Waals surface area contributed by atoms with Gasteiger partial charge in [0.05, 0.1) is 5.41 Å². The molecule has 96 valence electrons. The predicted octanol–water partition coefficient (Wildman–Crippen LogP) is 1.58. The highest BCUT2D eigenvalue weighted by Gasteiger charge is 2.75. The summed E-state index contributed by atoms with van der Waals surface area (Å²) in [5.41, 5.74) is 0.139. The summed E-state index contributed by atoms with van der Waals surface area (Å²) in [4.78, 5) is 16.9. The van der Waals surface area contributed by atoms with Crippen molar-refractivity contribution in [1.29, 1.82) is 0 Å².